The van der Waals surface area contributed by atoms with Crippen LogP contribution in [0.15, 0.2) is 0 Å². The first-order valence-corrected chi connectivity index (χ1v) is 14.3. The van der Waals surface area contributed by atoms with Gasteiger partial charge in [0.1, 0.15) is 5.78 Å². The molecule has 0 radical (unpaired) electrons. The Hall–Kier alpha value is -0.860. The lowest BCUT2D eigenvalue weighted by molar-refractivity contribution is -0.259. The Bertz CT molecular complexity index is 891. The normalized spacial score (nSPS) is 54.2. The fraction of sp³-hybridized carbons (Fsp3) is 0.935. The molecule has 0 aromatic heterocycles. The summed E-state index contributed by atoms with van der Waals surface area (Å²) in [6.07, 6.45) is 12.2. The van der Waals surface area contributed by atoms with Crippen molar-refractivity contribution in [3.8, 4) is 0 Å². The number of esters is 1. The molecule has 0 saturated heterocycles. The van der Waals surface area contributed by atoms with Gasteiger partial charge in [-0.05, 0) is 109 Å². The molecular weight excluding hydrogens is 420 g/mol. The van der Waals surface area contributed by atoms with E-state index in [2.05, 4.69) is 48.5 Å². The van der Waals surface area contributed by atoms with Crippen LogP contribution in [0.2, 0.25) is 0 Å². The predicted octanol–water partition coefficient (Wildman–Crippen LogP) is 7.61. The van der Waals surface area contributed by atoms with Crippen LogP contribution >= 0.6 is 0 Å². The number of hydrogen-bond acceptors (Lipinski definition) is 3. The van der Waals surface area contributed by atoms with Crippen molar-refractivity contribution in [2.24, 2.45) is 56.2 Å². The number of carbonyl (C=O) groups excluding carboxylic acids is 2. The molecule has 5 aliphatic rings. The highest BCUT2D eigenvalue weighted by Crippen LogP contribution is 2.78. The van der Waals surface area contributed by atoms with Crippen molar-refractivity contribution >= 4 is 11.8 Å². The van der Waals surface area contributed by atoms with Gasteiger partial charge >= 0.3 is 5.97 Å². The number of carbonyl (C=O) groups is 2. The van der Waals surface area contributed by atoms with Gasteiger partial charge in [-0.1, -0.05) is 48.5 Å². The first kappa shape index (κ1) is 24.8. The lowest BCUT2D eigenvalue weighted by Gasteiger charge is -2.74. The molecule has 0 unspecified atom stereocenters. The van der Waals surface area contributed by atoms with Gasteiger partial charge in [-0.2, -0.15) is 0 Å². The summed E-state index contributed by atoms with van der Waals surface area (Å²) >= 11 is 0. The second kappa shape index (κ2) is 7.34. The van der Waals surface area contributed by atoms with Crippen molar-refractivity contribution in [1.29, 1.82) is 0 Å². The Morgan fingerprint density at radius 2 is 1.38 bits per heavy atom. The highest BCUT2D eigenvalue weighted by Gasteiger charge is 2.72. The maximum atomic E-state index is 13.4. The van der Waals surface area contributed by atoms with Gasteiger partial charge in [0.15, 0.2) is 0 Å². The van der Waals surface area contributed by atoms with Crippen LogP contribution < -0.4 is 0 Å². The molecule has 5 aliphatic carbocycles. The molecule has 3 nitrogen and oxygen atoms in total. The quantitative estimate of drug-likeness (QED) is 0.370. The van der Waals surface area contributed by atoms with Crippen LogP contribution in [0.5, 0.6) is 0 Å². The van der Waals surface area contributed by atoms with Crippen LogP contribution in [-0.2, 0) is 14.3 Å². The van der Waals surface area contributed by atoms with Gasteiger partial charge < -0.3 is 4.74 Å². The Morgan fingerprint density at radius 3 is 2.06 bits per heavy atom. The minimum atomic E-state index is -0.290. The number of ether oxygens (including phenoxy) is 1. The Morgan fingerprint density at radius 1 is 0.765 bits per heavy atom. The molecule has 0 N–H and O–H groups in total. The number of ketones is 1. The van der Waals surface area contributed by atoms with Gasteiger partial charge in [-0.3, -0.25) is 9.59 Å². The fourth-order valence-electron chi connectivity index (χ4n) is 11.4. The Kier molecular flexibility index (Phi) is 5.36. The van der Waals surface area contributed by atoms with Gasteiger partial charge in [0.2, 0.25) is 0 Å². The van der Waals surface area contributed by atoms with Crippen molar-refractivity contribution in [2.75, 3.05) is 7.11 Å². The fourth-order valence-corrected chi connectivity index (χ4v) is 11.4. The first-order valence-electron chi connectivity index (χ1n) is 14.3. The number of hydrogen-bond donors (Lipinski definition) is 0. The van der Waals surface area contributed by atoms with Crippen molar-refractivity contribution in [3.05, 3.63) is 0 Å². The van der Waals surface area contributed by atoms with Crippen molar-refractivity contribution in [1.82, 2.24) is 0 Å². The molecule has 0 aromatic rings. The lowest BCUT2D eigenvalue weighted by atomic mass is 9.30. The molecular formula is C31H50O3. The summed E-state index contributed by atoms with van der Waals surface area (Å²) in [6.45, 7) is 17.3. The van der Waals surface area contributed by atoms with E-state index in [1.54, 1.807) is 7.11 Å². The largest absolute Gasteiger partial charge is 0.469 e. The molecule has 5 rings (SSSR count). The molecule has 0 aliphatic heterocycles. The van der Waals surface area contributed by atoms with E-state index in [-0.39, 0.29) is 39.0 Å². The van der Waals surface area contributed by atoms with E-state index in [1.807, 2.05) is 0 Å². The molecule has 3 heteroatoms. The van der Waals surface area contributed by atoms with E-state index in [0.717, 1.165) is 44.9 Å². The molecule has 192 valence electrons. The van der Waals surface area contributed by atoms with Crippen molar-refractivity contribution in [3.63, 3.8) is 0 Å². The monoisotopic (exact) mass is 470 g/mol. The first-order chi connectivity index (χ1) is 15.7. The summed E-state index contributed by atoms with van der Waals surface area (Å²) in [6, 6.07) is 0. The van der Waals surface area contributed by atoms with Crippen molar-refractivity contribution in [2.45, 2.75) is 119 Å². The van der Waals surface area contributed by atoms with E-state index in [4.69, 9.17) is 4.74 Å². The SMILES string of the molecule is COC(=O)[C@]12CCC(C)(C)C[C@H]1[C@]1(C)CC[C@@]3(C)[C@H]4CCC(=O)[C@H](C)[C@@]4(C)CC[C@H]3[C@@]1(C)CC2. The zero-order chi connectivity index (χ0) is 24.9. The minimum Gasteiger partial charge on any atom is -0.469 e. The van der Waals surface area contributed by atoms with Gasteiger partial charge in [-0.25, -0.2) is 0 Å². The van der Waals surface area contributed by atoms with E-state index >= 15 is 0 Å². The summed E-state index contributed by atoms with van der Waals surface area (Å²) in [7, 11) is 1.61. The van der Waals surface area contributed by atoms with Crippen LogP contribution in [0.3, 0.4) is 0 Å². The third-order valence-electron chi connectivity index (χ3n) is 13.9. The zero-order valence-corrected chi connectivity index (χ0v) is 23.3. The Labute approximate surface area is 208 Å². The van der Waals surface area contributed by atoms with Crippen LogP contribution in [0.1, 0.15) is 119 Å². The van der Waals surface area contributed by atoms with Crippen LogP contribution in [0.4, 0.5) is 0 Å². The molecule has 9 atom stereocenters. The average molecular weight is 471 g/mol. The summed E-state index contributed by atoms with van der Waals surface area (Å²) in [5, 5.41) is 0. The molecule has 0 bridgehead atoms. The smallest absolute Gasteiger partial charge is 0.312 e. The Balaban J connectivity index is 1.57. The number of Topliss-reactive ketones (excluding diaryl/α,β-unsaturated/α-hetero) is 1. The zero-order valence-electron chi connectivity index (χ0n) is 23.3. The standard InChI is InChI=1S/C31H50O3/c1-20-21(32)9-10-22-27(20,4)12-11-23-28(22,5)14-15-30(7)24-19-26(2,3)13-17-31(24,25(33)34-8)18-16-29(23,30)6/h20,22-24H,9-19H2,1-8H3/t20-,22-,23+,24-,27+,28-,29+,30-,31-/m0/s1. The van der Waals surface area contributed by atoms with E-state index < -0.39 is 0 Å². The summed E-state index contributed by atoms with van der Waals surface area (Å²) in [5.41, 5.74) is 0.843. The molecule has 5 saturated carbocycles. The maximum Gasteiger partial charge on any atom is 0.312 e. The molecule has 0 aromatic carbocycles. The predicted molar refractivity (Wildman–Crippen MR) is 136 cm³/mol. The summed E-state index contributed by atoms with van der Waals surface area (Å²) < 4.78 is 5.54. The molecule has 0 spiro atoms. The molecule has 34 heavy (non-hydrogen) atoms. The molecule has 5 fully saturated rings. The van der Waals surface area contributed by atoms with Crippen LogP contribution in [0.25, 0.3) is 0 Å². The van der Waals surface area contributed by atoms with Gasteiger partial charge in [0.05, 0.1) is 12.5 Å². The van der Waals surface area contributed by atoms with E-state index in [1.165, 1.54) is 25.7 Å². The minimum absolute atomic E-state index is 0.0699. The van der Waals surface area contributed by atoms with E-state index in [0.29, 0.717) is 29.0 Å². The maximum absolute atomic E-state index is 13.4. The molecule has 0 heterocycles. The van der Waals surface area contributed by atoms with Gasteiger partial charge in [-0.15, -0.1) is 0 Å². The lowest BCUT2D eigenvalue weighted by Crippen LogP contribution is -2.69. The summed E-state index contributed by atoms with van der Waals surface area (Å²) in [5.74, 6) is 2.49. The van der Waals surface area contributed by atoms with Crippen molar-refractivity contribution < 1.29 is 14.3 Å². The highest BCUT2D eigenvalue weighted by atomic mass is 16.5. The molecule has 0 amide bonds. The summed E-state index contributed by atoms with van der Waals surface area (Å²) in [4.78, 5) is 26.2. The van der Waals surface area contributed by atoms with Crippen LogP contribution in [-0.4, -0.2) is 18.9 Å². The number of rotatable bonds is 1. The number of fused-ring (bicyclic) bond motifs is 7. The van der Waals surface area contributed by atoms with Gasteiger partial charge in [0.25, 0.3) is 0 Å². The third kappa shape index (κ3) is 2.88. The van der Waals surface area contributed by atoms with Gasteiger partial charge in [0, 0.05) is 12.3 Å². The second-order valence-corrected chi connectivity index (χ2v) is 15.3. The second-order valence-electron chi connectivity index (χ2n) is 15.3. The van der Waals surface area contributed by atoms with Crippen LogP contribution in [0, 0.1) is 56.2 Å². The topological polar surface area (TPSA) is 43.4 Å². The highest BCUT2D eigenvalue weighted by molar-refractivity contribution is 5.82. The average Bonchev–Trinajstić information content (AvgIpc) is 2.78. The van der Waals surface area contributed by atoms with E-state index in [9.17, 15) is 9.59 Å². The third-order valence-corrected chi connectivity index (χ3v) is 13.9. The number of methoxy groups -OCH3 is 1.